The van der Waals surface area contributed by atoms with Crippen LogP contribution in [0.5, 0.6) is 5.75 Å². The fraction of sp³-hybridized carbons (Fsp3) is 0.154. The van der Waals surface area contributed by atoms with Gasteiger partial charge in [0, 0.05) is 0 Å². The maximum atomic E-state index is 8.81. The lowest BCUT2D eigenvalue weighted by Gasteiger charge is -2.10. The summed E-state index contributed by atoms with van der Waals surface area (Å²) in [5, 5.41) is 8.81. The van der Waals surface area contributed by atoms with E-state index in [2.05, 4.69) is 33.0 Å². The fourth-order valence-corrected chi connectivity index (χ4v) is 1.35. The van der Waals surface area contributed by atoms with Gasteiger partial charge in [0.25, 0.3) is 0 Å². The molecule has 0 aromatic heterocycles. The van der Waals surface area contributed by atoms with Crippen molar-refractivity contribution in [2.24, 2.45) is 5.73 Å². The minimum absolute atomic E-state index is 0.407. The highest BCUT2D eigenvalue weighted by atomic mass is 79.9. The summed E-state index contributed by atoms with van der Waals surface area (Å²) < 4.78 is 0.959. The highest BCUT2D eigenvalue weighted by Crippen LogP contribution is 2.15. The molecule has 0 unspecified atom stereocenters. The molecule has 0 amide bonds. The molecule has 0 fully saturated rings. The topological polar surface area (TPSA) is 83.1 Å². The molecule has 19 heavy (non-hydrogen) atoms. The van der Waals surface area contributed by atoms with E-state index in [9.17, 15) is 0 Å². The Morgan fingerprint density at radius 3 is 2.79 bits per heavy atom. The minimum Gasteiger partial charge on any atom is -0.389 e. The molecular formula is C13H15BrN4O. The highest BCUT2D eigenvalue weighted by Gasteiger charge is 1.99. The first-order valence-corrected chi connectivity index (χ1v) is 6.30. The zero-order chi connectivity index (χ0) is 14.3. The molecule has 0 aliphatic heterocycles. The Kier molecular flexibility index (Phi) is 5.93. The number of nitrogens with zero attached hydrogens (tertiary/aromatic N) is 1. The summed E-state index contributed by atoms with van der Waals surface area (Å²) in [6, 6.07) is 7.25. The largest absolute Gasteiger partial charge is 0.389 e. The Labute approximate surface area is 120 Å². The van der Waals surface area contributed by atoms with Gasteiger partial charge in [-0.05, 0) is 54.2 Å². The van der Waals surface area contributed by atoms with Gasteiger partial charge in [-0.25, -0.2) is 0 Å². The van der Waals surface area contributed by atoms with Crippen molar-refractivity contribution in [3.8, 4) is 11.8 Å². The van der Waals surface area contributed by atoms with Crippen LogP contribution in [0.2, 0.25) is 0 Å². The van der Waals surface area contributed by atoms with Crippen LogP contribution in [0.25, 0.3) is 0 Å². The van der Waals surface area contributed by atoms with Gasteiger partial charge in [0.1, 0.15) is 11.6 Å². The number of allylic oxidation sites excluding steroid dienone is 3. The molecule has 0 atom stereocenters. The number of rotatable bonds is 5. The zero-order valence-corrected chi connectivity index (χ0v) is 12.3. The van der Waals surface area contributed by atoms with E-state index in [4.69, 9.17) is 15.8 Å². The fourth-order valence-electron chi connectivity index (χ4n) is 1.21. The van der Waals surface area contributed by atoms with Crippen molar-refractivity contribution >= 4 is 15.9 Å². The normalized spacial score (nSPS) is 11.9. The number of aryl methyl sites for hydroxylation is 1. The average molecular weight is 323 g/mol. The maximum absolute atomic E-state index is 8.81. The van der Waals surface area contributed by atoms with E-state index in [1.165, 1.54) is 0 Å². The van der Waals surface area contributed by atoms with Crippen LogP contribution in [0.15, 0.2) is 40.7 Å². The smallest absolute Gasteiger partial charge is 0.149 e. The van der Waals surface area contributed by atoms with Crippen LogP contribution in [0.4, 0.5) is 0 Å². The van der Waals surface area contributed by atoms with Gasteiger partial charge in [-0.1, -0.05) is 21.5 Å². The molecule has 0 heterocycles. The number of nitriles is 1. The van der Waals surface area contributed by atoms with Gasteiger partial charge in [-0.15, -0.1) is 0 Å². The molecular weight excluding hydrogens is 308 g/mol. The number of hydrazine groups is 1. The van der Waals surface area contributed by atoms with Crippen molar-refractivity contribution < 1.29 is 4.84 Å². The number of benzene rings is 1. The maximum Gasteiger partial charge on any atom is 0.149 e. The molecule has 0 aliphatic carbocycles. The van der Waals surface area contributed by atoms with Crippen LogP contribution in [0.1, 0.15) is 18.1 Å². The first-order valence-electron chi connectivity index (χ1n) is 5.51. The SMILES string of the molecule is C/C(Br)=C\C=C(/N)NNOc1ccc(C#N)c(C)c1. The van der Waals surface area contributed by atoms with Crippen LogP contribution < -0.4 is 21.6 Å². The van der Waals surface area contributed by atoms with Crippen LogP contribution in [0.3, 0.4) is 0 Å². The lowest BCUT2D eigenvalue weighted by molar-refractivity contribution is 0.162. The molecule has 0 bridgehead atoms. The quantitative estimate of drug-likeness (QED) is 0.572. The number of hydrogen-bond acceptors (Lipinski definition) is 5. The third kappa shape index (κ3) is 5.46. The monoisotopic (exact) mass is 322 g/mol. The average Bonchev–Trinajstić information content (AvgIpc) is 2.36. The van der Waals surface area contributed by atoms with Gasteiger partial charge in [0.15, 0.2) is 0 Å². The Bertz CT molecular complexity index is 542. The molecule has 100 valence electrons. The van der Waals surface area contributed by atoms with Crippen molar-refractivity contribution in [1.82, 2.24) is 11.0 Å². The van der Waals surface area contributed by atoms with Crippen molar-refractivity contribution in [3.63, 3.8) is 0 Å². The van der Waals surface area contributed by atoms with E-state index in [1.807, 2.05) is 13.8 Å². The van der Waals surface area contributed by atoms with Crippen molar-refractivity contribution in [1.29, 1.82) is 5.26 Å². The third-order valence-electron chi connectivity index (χ3n) is 2.18. The predicted molar refractivity (Wildman–Crippen MR) is 77.7 cm³/mol. The summed E-state index contributed by atoms with van der Waals surface area (Å²) >= 11 is 3.28. The molecule has 0 saturated carbocycles. The first kappa shape index (κ1) is 15.1. The van der Waals surface area contributed by atoms with Crippen molar-refractivity contribution in [3.05, 3.63) is 51.8 Å². The van der Waals surface area contributed by atoms with E-state index in [1.54, 1.807) is 30.4 Å². The van der Waals surface area contributed by atoms with E-state index in [0.717, 1.165) is 10.0 Å². The lowest BCUT2D eigenvalue weighted by atomic mass is 10.1. The van der Waals surface area contributed by atoms with E-state index >= 15 is 0 Å². The second-order valence-electron chi connectivity index (χ2n) is 3.79. The van der Waals surface area contributed by atoms with Crippen molar-refractivity contribution in [2.75, 3.05) is 0 Å². The Morgan fingerprint density at radius 1 is 1.47 bits per heavy atom. The second-order valence-corrected chi connectivity index (χ2v) is 5.04. The minimum atomic E-state index is 0.407. The molecule has 6 heteroatoms. The molecule has 5 nitrogen and oxygen atoms in total. The first-order chi connectivity index (χ1) is 9.02. The number of hydrogen-bond donors (Lipinski definition) is 3. The summed E-state index contributed by atoms with van der Waals surface area (Å²) in [7, 11) is 0. The molecule has 1 rings (SSSR count). The Balaban J connectivity index is 2.50. The van der Waals surface area contributed by atoms with Crippen LogP contribution in [0, 0.1) is 18.3 Å². The van der Waals surface area contributed by atoms with Crippen LogP contribution in [-0.2, 0) is 0 Å². The molecule has 0 spiro atoms. The number of nitrogens with one attached hydrogen (secondary N) is 2. The summed E-state index contributed by atoms with van der Waals surface area (Å²) in [5.41, 5.74) is 12.3. The predicted octanol–water partition coefficient (Wildman–Crippen LogP) is 2.35. The van der Waals surface area contributed by atoms with E-state index in [0.29, 0.717) is 17.1 Å². The van der Waals surface area contributed by atoms with Crippen LogP contribution in [-0.4, -0.2) is 0 Å². The van der Waals surface area contributed by atoms with E-state index < -0.39 is 0 Å². The van der Waals surface area contributed by atoms with Crippen LogP contribution >= 0.6 is 15.9 Å². The molecule has 0 aliphatic rings. The zero-order valence-electron chi connectivity index (χ0n) is 10.7. The van der Waals surface area contributed by atoms with Gasteiger partial charge < -0.3 is 10.6 Å². The van der Waals surface area contributed by atoms with E-state index in [-0.39, 0.29) is 0 Å². The van der Waals surface area contributed by atoms with Gasteiger partial charge in [-0.2, -0.15) is 5.26 Å². The second kappa shape index (κ2) is 7.46. The third-order valence-corrected chi connectivity index (χ3v) is 2.44. The summed E-state index contributed by atoms with van der Waals surface area (Å²) in [6.07, 6.45) is 3.49. The Morgan fingerprint density at radius 2 is 2.21 bits per heavy atom. The van der Waals surface area contributed by atoms with Crippen molar-refractivity contribution in [2.45, 2.75) is 13.8 Å². The lowest BCUT2D eigenvalue weighted by Crippen LogP contribution is -2.37. The van der Waals surface area contributed by atoms with Gasteiger partial charge in [0.2, 0.25) is 0 Å². The number of halogens is 1. The van der Waals surface area contributed by atoms with Gasteiger partial charge in [-0.3, -0.25) is 5.43 Å². The molecule has 0 radical (unpaired) electrons. The molecule has 4 N–H and O–H groups in total. The molecule has 1 aromatic carbocycles. The summed E-state index contributed by atoms with van der Waals surface area (Å²) in [5.74, 6) is 0.994. The molecule has 1 aromatic rings. The Hall–Kier alpha value is -1.97. The highest BCUT2D eigenvalue weighted by molar-refractivity contribution is 9.11. The van der Waals surface area contributed by atoms with Gasteiger partial charge in [0.05, 0.1) is 11.6 Å². The van der Waals surface area contributed by atoms with Gasteiger partial charge >= 0.3 is 0 Å². The summed E-state index contributed by atoms with van der Waals surface area (Å²) in [6.45, 7) is 3.74. The standard InChI is InChI=1S/C13H15BrN4O/c1-9-7-12(5-4-11(9)8-15)19-18-17-13(16)6-3-10(2)14/h3-7,17-18H,16H2,1-2H3/b10-3+,13-6+. The summed E-state index contributed by atoms with van der Waals surface area (Å²) in [4.78, 5) is 5.24. The molecule has 0 saturated heterocycles. The number of nitrogens with two attached hydrogens (primary N) is 1.